The van der Waals surface area contributed by atoms with Crippen LogP contribution in [0.4, 0.5) is 0 Å². The van der Waals surface area contributed by atoms with Crippen LogP contribution in [0.1, 0.15) is 32.1 Å². The van der Waals surface area contributed by atoms with Gasteiger partial charge in [-0.15, -0.1) is 0 Å². The van der Waals surface area contributed by atoms with E-state index in [-0.39, 0.29) is 22.7 Å². The third-order valence-electron chi connectivity index (χ3n) is 10.7. The van der Waals surface area contributed by atoms with Crippen LogP contribution in [0, 0.1) is 70.0 Å². The van der Waals surface area contributed by atoms with Gasteiger partial charge >= 0.3 is 0 Å². The van der Waals surface area contributed by atoms with E-state index in [1.165, 1.54) is 32.1 Å². The Kier molecular flexibility index (Phi) is 1.15. The molecule has 9 saturated carbocycles. The molecule has 0 aliphatic heterocycles. The molecular weight excluding hydrogens is 260 g/mol. The molecule has 9 aliphatic carbocycles. The van der Waals surface area contributed by atoms with Gasteiger partial charge in [-0.25, -0.2) is 0 Å². The summed E-state index contributed by atoms with van der Waals surface area (Å²) in [6.07, 6.45) is 6.55. The molecule has 0 unspecified atom stereocenters. The predicted octanol–water partition coefficient (Wildman–Crippen LogP) is 2.32. The smallest absolute Gasteiger partial charge is 0.144 e. The maximum absolute atomic E-state index is 13.5. The van der Waals surface area contributed by atoms with E-state index in [2.05, 4.69) is 0 Å². The van der Waals surface area contributed by atoms with Gasteiger partial charge in [0, 0.05) is 22.7 Å². The molecular formula is C19H20O2. The van der Waals surface area contributed by atoms with Crippen molar-refractivity contribution < 1.29 is 9.59 Å². The van der Waals surface area contributed by atoms with Crippen LogP contribution in [0.5, 0.6) is 0 Å². The first-order chi connectivity index (χ1) is 10.3. The summed E-state index contributed by atoms with van der Waals surface area (Å²) in [5, 5.41) is 0. The average molecular weight is 280 g/mol. The summed E-state index contributed by atoms with van der Waals surface area (Å²) < 4.78 is 0. The van der Waals surface area contributed by atoms with E-state index in [1.807, 2.05) is 0 Å². The Balaban J connectivity index is 1.54. The Bertz CT molecular complexity index is 638. The Hall–Kier alpha value is -0.660. The summed E-state index contributed by atoms with van der Waals surface area (Å²) in [5.74, 6) is 7.27. The summed E-state index contributed by atoms with van der Waals surface area (Å²) in [5.41, 5.74) is -0.174. The molecule has 21 heavy (non-hydrogen) atoms. The molecule has 0 aromatic heterocycles. The molecule has 9 aliphatic rings. The summed E-state index contributed by atoms with van der Waals surface area (Å²) in [6, 6.07) is 0. The molecule has 4 bridgehead atoms. The van der Waals surface area contributed by atoms with Crippen molar-refractivity contribution in [2.75, 3.05) is 0 Å². The minimum atomic E-state index is -0.0870. The zero-order valence-corrected chi connectivity index (χ0v) is 12.1. The maximum atomic E-state index is 13.5. The zero-order chi connectivity index (χ0) is 13.5. The second-order valence-corrected chi connectivity index (χ2v) is 9.83. The Morgan fingerprint density at radius 2 is 1.14 bits per heavy atom. The SMILES string of the molecule is O=C1[C@@H]2[C@H]3C[C@H]4[C@@H]2C(=O)[C@]25[C@H]4[C@H]3[C@]12[C@H]1CC[C@@H]5[C@@H]2CC[C@@H]21. The van der Waals surface area contributed by atoms with E-state index in [9.17, 15) is 9.59 Å². The standard InChI is InChI=1S/C19H20O2/c20-16-12-8-5-9-13(12)17(21)19-11-4-3-10(6-1-2-7(6)11)18(16,19)14(8)15(9)19/h6-15H,1-5H2/t6-,7+,8+,9-,10-,11+,12+,13-,14-,15+,18+,19-. The van der Waals surface area contributed by atoms with Gasteiger partial charge in [-0.1, -0.05) is 0 Å². The van der Waals surface area contributed by atoms with Crippen molar-refractivity contribution in [3.05, 3.63) is 0 Å². The second-order valence-electron chi connectivity index (χ2n) is 9.83. The van der Waals surface area contributed by atoms with Gasteiger partial charge in [0.2, 0.25) is 0 Å². The van der Waals surface area contributed by atoms with Crippen LogP contribution in [0.3, 0.4) is 0 Å². The monoisotopic (exact) mass is 280 g/mol. The lowest BCUT2D eigenvalue weighted by Gasteiger charge is -2.79. The fourth-order valence-electron chi connectivity index (χ4n) is 11.1. The van der Waals surface area contributed by atoms with Crippen molar-refractivity contribution in [3.63, 3.8) is 0 Å². The molecule has 12 atom stereocenters. The number of rotatable bonds is 0. The van der Waals surface area contributed by atoms with Crippen molar-refractivity contribution in [3.8, 4) is 0 Å². The molecule has 9 rings (SSSR count). The summed E-state index contributed by atoms with van der Waals surface area (Å²) >= 11 is 0. The van der Waals surface area contributed by atoms with Crippen LogP contribution in [0.25, 0.3) is 0 Å². The van der Waals surface area contributed by atoms with Crippen LogP contribution in [-0.2, 0) is 9.59 Å². The number of ketones is 2. The van der Waals surface area contributed by atoms with Gasteiger partial charge in [0.25, 0.3) is 0 Å². The molecule has 0 aromatic rings. The summed E-state index contributed by atoms with van der Waals surface area (Å²) in [7, 11) is 0. The number of carbonyl (C=O) groups is 2. The van der Waals surface area contributed by atoms with E-state index in [4.69, 9.17) is 0 Å². The van der Waals surface area contributed by atoms with Gasteiger partial charge in [0.1, 0.15) is 11.6 Å². The first-order valence-electron chi connectivity index (χ1n) is 9.34. The number of hydrogen-bond donors (Lipinski definition) is 0. The fraction of sp³-hybridized carbons (Fsp3) is 0.895. The minimum Gasteiger partial charge on any atom is -0.299 e. The van der Waals surface area contributed by atoms with Gasteiger partial charge in [0.15, 0.2) is 0 Å². The van der Waals surface area contributed by atoms with Crippen LogP contribution in [0.2, 0.25) is 0 Å². The third kappa shape index (κ3) is 0.555. The Labute approximate surface area is 124 Å². The van der Waals surface area contributed by atoms with E-state index < -0.39 is 0 Å². The lowest BCUT2D eigenvalue weighted by Crippen LogP contribution is -2.81. The molecule has 108 valence electrons. The topological polar surface area (TPSA) is 34.1 Å². The first-order valence-corrected chi connectivity index (χ1v) is 9.34. The largest absolute Gasteiger partial charge is 0.299 e. The van der Waals surface area contributed by atoms with Crippen molar-refractivity contribution in [1.29, 1.82) is 0 Å². The van der Waals surface area contributed by atoms with Crippen molar-refractivity contribution in [2.24, 2.45) is 70.0 Å². The summed E-state index contributed by atoms with van der Waals surface area (Å²) in [4.78, 5) is 27.0. The van der Waals surface area contributed by atoms with Crippen LogP contribution >= 0.6 is 0 Å². The van der Waals surface area contributed by atoms with E-state index in [0.717, 1.165) is 11.8 Å². The Morgan fingerprint density at radius 1 is 0.667 bits per heavy atom. The number of Topliss-reactive ketones (excluding diaryl/α,β-unsaturated/α-hetero) is 2. The quantitative estimate of drug-likeness (QED) is 0.682. The molecule has 0 saturated heterocycles. The zero-order valence-electron chi connectivity index (χ0n) is 12.1. The van der Waals surface area contributed by atoms with E-state index >= 15 is 0 Å². The average Bonchev–Trinajstić information content (AvgIpc) is 2.95. The van der Waals surface area contributed by atoms with Gasteiger partial charge in [-0.05, 0) is 79.4 Å². The van der Waals surface area contributed by atoms with Crippen LogP contribution < -0.4 is 0 Å². The van der Waals surface area contributed by atoms with E-state index in [1.54, 1.807) is 0 Å². The maximum Gasteiger partial charge on any atom is 0.144 e. The molecule has 0 heterocycles. The van der Waals surface area contributed by atoms with Crippen molar-refractivity contribution in [1.82, 2.24) is 0 Å². The van der Waals surface area contributed by atoms with Gasteiger partial charge < -0.3 is 0 Å². The van der Waals surface area contributed by atoms with E-state index in [0.29, 0.717) is 47.1 Å². The molecule has 2 heteroatoms. The predicted molar refractivity (Wildman–Crippen MR) is 72.9 cm³/mol. The Morgan fingerprint density at radius 3 is 1.57 bits per heavy atom. The molecule has 2 nitrogen and oxygen atoms in total. The van der Waals surface area contributed by atoms with Gasteiger partial charge in [-0.3, -0.25) is 9.59 Å². The van der Waals surface area contributed by atoms with Crippen LogP contribution in [-0.4, -0.2) is 11.6 Å². The molecule has 0 aromatic carbocycles. The summed E-state index contributed by atoms with van der Waals surface area (Å²) in [6.45, 7) is 0. The highest BCUT2D eigenvalue weighted by atomic mass is 16.2. The molecule has 0 N–H and O–H groups in total. The first kappa shape index (κ1) is 10.2. The normalized spacial score (nSPS) is 79.0. The molecule has 9 fully saturated rings. The number of carbonyl (C=O) groups excluding carboxylic acids is 2. The molecule has 2 spiro atoms. The minimum absolute atomic E-state index is 0.0870. The van der Waals surface area contributed by atoms with Crippen LogP contribution in [0.15, 0.2) is 0 Å². The third-order valence-corrected chi connectivity index (χ3v) is 10.7. The number of fused-ring (bicyclic) bond motifs is 2. The van der Waals surface area contributed by atoms with Gasteiger partial charge in [-0.2, -0.15) is 0 Å². The molecule has 0 radical (unpaired) electrons. The van der Waals surface area contributed by atoms with Crippen molar-refractivity contribution in [2.45, 2.75) is 32.1 Å². The van der Waals surface area contributed by atoms with Gasteiger partial charge in [0.05, 0.1) is 0 Å². The second kappa shape index (κ2) is 2.37. The highest BCUT2D eigenvalue weighted by molar-refractivity contribution is 6.12. The molecule has 0 amide bonds. The fourth-order valence-corrected chi connectivity index (χ4v) is 11.1. The highest BCUT2D eigenvalue weighted by Gasteiger charge is 3.00. The lowest BCUT2D eigenvalue weighted by atomic mass is 9.22. The number of hydrogen-bond acceptors (Lipinski definition) is 2. The lowest BCUT2D eigenvalue weighted by molar-refractivity contribution is -0.306. The van der Waals surface area contributed by atoms with Crippen molar-refractivity contribution >= 4 is 11.6 Å². The highest BCUT2D eigenvalue weighted by Crippen LogP contribution is 2.97.